The summed E-state index contributed by atoms with van der Waals surface area (Å²) in [5, 5.41) is 83.4. The molecule has 15 atom stereocenters. The van der Waals surface area contributed by atoms with Crippen LogP contribution in [0.1, 0.15) is 121 Å². The molecule has 0 radical (unpaired) electrons. The molecule has 0 aromatic rings. The van der Waals surface area contributed by atoms with Gasteiger partial charge in [-0.2, -0.15) is 0 Å². The summed E-state index contributed by atoms with van der Waals surface area (Å²) in [5.74, 6) is -26.3. The Balaban J connectivity index is 2.96. The molecule has 2 rings (SSSR count). The minimum atomic E-state index is -2.85. The van der Waals surface area contributed by atoms with Gasteiger partial charge >= 0.3 is 23.9 Å². The Morgan fingerprint density at radius 3 is 1.82 bits per heavy atom. The number of allylic oxidation sites excluding steroid dienone is 3. The van der Waals surface area contributed by atoms with Crippen LogP contribution in [0, 0.1) is 29.6 Å². The van der Waals surface area contributed by atoms with Crippen LogP contribution >= 0.6 is 0 Å². The van der Waals surface area contributed by atoms with Gasteiger partial charge in [-0.1, -0.05) is 59.8 Å². The van der Waals surface area contributed by atoms with E-state index in [1.54, 1.807) is 26.8 Å². The number of rotatable bonds is 23. The van der Waals surface area contributed by atoms with Crippen molar-refractivity contribution in [1.82, 2.24) is 58.1 Å². The molecule has 2 heterocycles. The fourth-order valence-corrected chi connectivity index (χ4v) is 9.39. The van der Waals surface area contributed by atoms with Crippen LogP contribution in [0.3, 0.4) is 0 Å². The van der Waals surface area contributed by atoms with Crippen LogP contribution in [0.25, 0.3) is 0 Å². The van der Waals surface area contributed by atoms with Gasteiger partial charge in [0.25, 0.3) is 0 Å². The zero-order valence-corrected chi connectivity index (χ0v) is 52.2. The number of aliphatic hydroxyl groups excluding tert-OH is 1. The lowest BCUT2D eigenvalue weighted by Crippen LogP contribution is -2.65. The largest absolute Gasteiger partial charge is 0.481 e. The molecule has 504 valence electrons. The summed E-state index contributed by atoms with van der Waals surface area (Å²) in [5.41, 5.74) is 4.75. The molecule has 2 fully saturated rings. The number of fused-ring (bicyclic) bond motifs is 1. The number of carboxylic acids is 4. The van der Waals surface area contributed by atoms with E-state index < -0.39 is 204 Å². The van der Waals surface area contributed by atoms with Crippen molar-refractivity contribution < 1.29 is 103 Å². The molecule has 11 amide bonds. The third kappa shape index (κ3) is 24.1. The van der Waals surface area contributed by atoms with Crippen molar-refractivity contribution >= 4 is 88.9 Å². The molecule has 2 saturated heterocycles. The van der Waals surface area contributed by atoms with E-state index in [2.05, 4.69) is 37.2 Å². The summed E-state index contributed by atoms with van der Waals surface area (Å²) in [6.07, 6.45) is 2.45. The highest BCUT2D eigenvalue weighted by Gasteiger charge is 2.46. The van der Waals surface area contributed by atoms with Crippen LogP contribution < -0.4 is 58.9 Å². The highest BCUT2D eigenvalue weighted by atomic mass is 16.4. The smallest absolute Gasteiger partial charge is 0.335 e. The van der Waals surface area contributed by atoms with Gasteiger partial charge in [0.2, 0.25) is 65.0 Å². The van der Waals surface area contributed by atoms with E-state index in [1.165, 1.54) is 46.8 Å². The average Bonchev–Trinajstić information content (AvgIpc) is 1.73. The van der Waals surface area contributed by atoms with Crippen molar-refractivity contribution in [3.05, 3.63) is 24.3 Å². The van der Waals surface area contributed by atoms with E-state index in [4.69, 9.17) is 5.73 Å². The molecule has 0 aromatic carbocycles. The molecule has 0 bridgehead atoms. The quantitative estimate of drug-likeness (QED) is 0.0261. The molecule has 18 N–H and O–H groups in total. The van der Waals surface area contributed by atoms with Gasteiger partial charge < -0.3 is 94.4 Å². The Bertz CT molecular complexity index is 2700. The summed E-state index contributed by atoms with van der Waals surface area (Å²) in [6.45, 7) is 13.1. The second kappa shape index (κ2) is 36.2. The van der Waals surface area contributed by atoms with Gasteiger partial charge in [0, 0.05) is 12.6 Å². The van der Waals surface area contributed by atoms with Crippen LogP contribution in [0.15, 0.2) is 24.3 Å². The summed E-state index contributed by atoms with van der Waals surface area (Å²) in [7, 11) is 0. The summed E-state index contributed by atoms with van der Waals surface area (Å²) >= 11 is 0. The molecule has 0 saturated carbocycles. The zero-order valence-electron chi connectivity index (χ0n) is 52.2. The van der Waals surface area contributed by atoms with Crippen molar-refractivity contribution in [2.75, 3.05) is 19.6 Å². The minimum Gasteiger partial charge on any atom is -0.481 e. The van der Waals surface area contributed by atoms with E-state index in [9.17, 15) is 103 Å². The molecule has 0 aliphatic carbocycles. The number of amides is 11. The number of hydrogen-bond acceptors (Lipinski definition) is 18. The predicted molar refractivity (Wildman–Crippen MR) is 316 cm³/mol. The number of nitrogens with zero attached hydrogens (tertiary/aromatic N) is 1. The Hall–Kier alpha value is -8.59. The van der Waals surface area contributed by atoms with E-state index in [1.807, 2.05) is 16.0 Å². The van der Waals surface area contributed by atoms with E-state index in [0.717, 1.165) is 24.8 Å². The first-order chi connectivity index (χ1) is 41.9. The van der Waals surface area contributed by atoms with Crippen LogP contribution in [-0.4, -0.2) is 216 Å². The standard InChI is InChI=1S/C57H90N12O21/c1-11-57(10,90)20-16-13-12-14-19-35(70)63-40(29(7)54(84)85)50(80)67-42-31(9)60-47(77)34-22-28(6)25-69(34)53(83)39(27(4)5)66-49(79)41(30(8)55(86)87)64-36(71)24-59-45(75)33(23-37(72)73)62-52(82)43(44(74)56(88)89)68-46(76)32(18-15-17-21-58)61-48(78)38(26(2)3)65-51(42)81/h12-14,19,26-34,38-44,74,90H,11,15-18,20-25,58H2,1-10H3,(H,59,75)(H,60,77)(H,61,78)(H,62,82)(H,63,70)(H,64,71)(H,65,81)(H,66,79)(H,67,80)(H,68,76)(H,72,73)(H,84,85)(H,86,87)(H,88,89)/b13-12-,19-14+/t28-,29?,30?,31?,32+,33+,34+,38-,39+,40+,41-,42+,43+,44?,57?/m1/s1. The molecule has 90 heavy (non-hydrogen) atoms. The Kier molecular flexibility index (Phi) is 31.1. The van der Waals surface area contributed by atoms with E-state index in [0.29, 0.717) is 19.3 Å². The fraction of sp³-hybridized carbons (Fsp3) is 0.667. The molecule has 0 spiro atoms. The predicted octanol–water partition coefficient (Wildman–Crippen LogP) is -4.41. The van der Waals surface area contributed by atoms with Crippen LogP contribution in [0.4, 0.5) is 0 Å². The third-order valence-electron chi connectivity index (χ3n) is 15.3. The summed E-state index contributed by atoms with van der Waals surface area (Å²) in [6, 6.07) is -18.8. The molecule has 2 aliphatic heterocycles. The molecule has 0 aromatic heterocycles. The first-order valence-corrected chi connectivity index (χ1v) is 29.5. The van der Waals surface area contributed by atoms with Crippen LogP contribution in [0.2, 0.25) is 0 Å². The van der Waals surface area contributed by atoms with Crippen molar-refractivity contribution in [2.24, 2.45) is 35.3 Å². The van der Waals surface area contributed by atoms with Gasteiger partial charge in [-0.3, -0.25) is 67.1 Å². The Morgan fingerprint density at radius 2 is 1.27 bits per heavy atom. The molecular weight excluding hydrogens is 1190 g/mol. The normalized spacial score (nSPS) is 26.3. The second-order valence-corrected chi connectivity index (χ2v) is 23.5. The Labute approximate surface area is 520 Å². The van der Waals surface area contributed by atoms with Crippen molar-refractivity contribution in [1.29, 1.82) is 0 Å². The number of carbonyl (C=O) groups is 15. The molecule has 33 heteroatoms. The van der Waals surface area contributed by atoms with Gasteiger partial charge in [0.1, 0.15) is 54.4 Å². The van der Waals surface area contributed by atoms with Crippen LogP contribution in [-0.2, 0) is 71.9 Å². The number of aliphatic hydroxyl groups is 2. The number of carbonyl (C=O) groups excluding carboxylic acids is 11. The first kappa shape index (κ1) is 77.5. The highest BCUT2D eigenvalue weighted by molar-refractivity contribution is 6.02. The van der Waals surface area contributed by atoms with Crippen molar-refractivity contribution in [3.8, 4) is 0 Å². The minimum absolute atomic E-state index is 0.0398. The maximum absolute atomic E-state index is 14.9. The van der Waals surface area contributed by atoms with Crippen molar-refractivity contribution in [2.45, 2.75) is 193 Å². The Morgan fingerprint density at radius 1 is 0.689 bits per heavy atom. The van der Waals surface area contributed by atoms with Gasteiger partial charge in [-0.05, 0) is 96.9 Å². The van der Waals surface area contributed by atoms with Gasteiger partial charge in [0.05, 0.1) is 36.4 Å². The van der Waals surface area contributed by atoms with E-state index in [-0.39, 0.29) is 38.8 Å². The van der Waals surface area contributed by atoms with Gasteiger partial charge in [-0.15, -0.1) is 0 Å². The van der Waals surface area contributed by atoms with Crippen LogP contribution in [0.5, 0.6) is 0 Å². The molecular formula is C57H90N12O21. The first-order valence-electron chi connectivity index (χ1n) is 29.5. The fourth-order valence-electron chi connectivity index (χ4n) is 9.39. The zero-order chi connectivity index (χ0) is 68.7. The second-order valence-electron chi connectivity index (χ2n) is 23.5. The molecule has 5 unspecified atom stereocenters. The number of nitrogens with two attached hydrogens (primary N) is 1. The lowest BCUT2D eigenvalue weighted by Gasteiger charge is -2.34. The number of hydrogen-bond donors (Lipinski definition) is 17. The highest BCUT2D eigenvalue weighted by Crippen LogP contribution is 2.26. The number of carboxylic acid groups (broad SMARTS) is 4. The average molecular weight is 1280 g/mol. The number of nitrogens with one attached hydrogen (secondary N) is 10. The lowest BCUT2D eigenvalue weighted by atomic mass is 9.97. The van der Waals surface area contributed by atoms with E-state index >= 15 is 0 Å². The monoisotopic (exact) mass is 1280 g/mol. The summed E-state index contributed by atoms with van der Waals surface area (Å²) in [4.78, 5) is 205. The maximum atomic E-state index is 14.9. The van der Waals surface area contributed by atoms with Gasteiger partial charge in [0.15, 0.2) is 6.10 Å². The maximum Gasteiger partial charge on any atom is 0.335 e. The summed E-state index contributed by atoms with van der Waals surface area (Å²) < 4.78 is 0. The van der Waals surface area contributed by atoms with Crippen molar-refractivity contribution in [3.63, 3.8) is 0 Å². The number of aliphatic carboxylic acids is 4. The third-order valence-corrected chi connectivity index (χ3v) is 15.3. The molecule has 33 nitrogen and oxygen atoms in total. The number of unbranched alkanes of at least 4 members (excludes halogenated alkanes) is 1. The van der Waals surface area contributed by atoms with Gasteiger partial charge in [-0.25, -0.2) is 4.79 Å². The SMILES string of the molecule is CCC(C)(O)CC/C=C\C=C\C(=O)N[C@H](C(=O)N[C@@H]1C(=O)N[C@H](C(C)C)C(=O)N[C@@H](CCCCN)C(=O)N[C@@H](C(O)C(=O)O)C(=O)N[C@@H](CC(=O)O)C(=O)NCC(=O)N[C@H](C(C)C(=O)O)C(=O)N[C@@H](C(C)C)C(=O)N2C[C@H](C)C[C@H]2C(=O)NC1C)C(C)C(=O)O. The lowest BCUT2D eigenvalue weighted by molar-refractivity contribution is -0.153. The topological polar surface area (TPSA) is 527 Å². The molecule has 2 aliphatic rings.